The third kappa shape index (κ3) is 2.95. The van der Waals surface area contributed by atoms with Gasteiger partial charge >= 0.3 is 6.03 Å². The van der Waals surface area contributed by atoms with Crippen LogP contribution in [0.25, 0.3) is 0 Å². The molecule has 0 atom stereocenters. The van der Waals surface area contributed by atoms with Crippen LogP contribution >= 0.6 is 0 Å². The number of hydrogen-bond donors (Lipinski definition) is 3. The maximum Gasteiger partial charge on any atom is 0.326 e. The average molecular weight is 258 g/mol. The molecule has 0 aliphatic carbocycles. The number of anilines is 2. The number of carbonyl (C=O) groups is 1. The summed E-state index contributed by atoms with van der Waals surface area (Å²) in [6.07, 6.45) is 0. The van der Waals surface area contributed by atoms with Crippen LogP contribution in [0.15, 0.2) is 48.5 Å². The highest BCUT2D eigenvalue weighted by atomic mass is 16.3. The minimum absolute atomic E-state index is 0.00922. The van der Waals surface area contributed by atoms with Crippen LogP contribution in [0, 0.1) is 0 Å². The van der Waals surface area contributed by atoms with Gasteiger partial charge in [0.2, 0.25) is 0 Å². The Kier molecular flexibility index (Phi) is 3.56. The fraction of sp³-hybridized carbons (Fsp3) is 0.0714. The normalized spacial score (nSPS) is 9.95. The van der Waals surface area contributed by atoms with Crippen LogP contribution in [-0.4, -0.2) is 23.3 Å². The second-order valence-corrected chi connectivity index (χ2v) is 4.02. The van der Waals surface area contributed by atoms with Crippen LogP contribution in [0.1, 0.15) is 0 Å². The minimum atomic E-state index is -0.382. The summed E-state index contributed by atoms with van der Waals surface area (Å²) in [7, 11) is 1.60. The van der Waals surface area contributed by atoms with Gasteiger partial charge in [-0.15, -0.1) is 0 Å². The van der Waals surface area contributed by atoms with Crippen LogP contribution < -0.4 is 10.2 Å². The highest BCUT2D eigenvalue weighted by molar-refractivity contribution is 6.02. The first kappa shape index (κ1) is 12.8. The molecule has 2 aromatic rings. The summed E-state index contributed by atoms with van der Waals surface area (Å²) in [5.74, 6) is 0.146. The lowest BCUT2D eigenvalue weighted by molar-refractivity contribution is 0.258. The quantitative estimate of drug-likeness (QED) is 0.725. The van der Waals surface area contributed by atoms with Gasteiger partial charge in [-0.1, -0.05) is 12.1 Å². The maximum absolute atomic E-state index is 12.0. The van der Waals surface area contributed by atoms with Crippen molar-refractivity contribution in [3.05, 3.63) is 48.5 Å². The molecular formula is C14H14N2O3. The number of nitrogens with zero attached hydrogens (tertiary/aromatic N) is 1. The lowest BCUT2D eigenvalue weighted by Gasteiger charge is -2.18. The van der Waals surface area contributed by atoms with Gasteiger partial charge in [-0.05, 0) is 36.4 Å². The standard InChI is InChI=1S/C14H14N2O3/c1-16(10-6-8-11(17)9-7-10)14(19)15-12-4-2-3-5-13(12)18/h2-9,17-18H,1H3,(H,15,19). The molecule has 2 aromatic carbocycles. The van der Waals surface area contributed by atoms with Gasteiger partial charge in [0.05, 0.1) is 5.69 Å². The van der Waals surface area contributed by atoms with E-state index < -0.39 is 0 Å². The Morgan fingerprint density at radius 1 is 1.05 bits per heavy atom. The highest BCUT2D eigenvalue weighted by Crippen LogP contribution is 2.23. The molecule has 0 aliphatic rings. The van der Waals surface area contributed by atoms with Crippen molar-refractivity contribution in [2.45, 2.75) is 0 Å². The van der Waals surface area contributed by atoms with Crippen molar-refractivity contribution in [2.24, 2.45) is 0 Å². The number of amides is 2. The fourth-order valence-electron chi connectivity index (χ4n) is 1.57. The van der Waals surface area contributed by atoms with Gasteiger partial charge in [0.15, 0.2) is 0 Å². The maximum atomic E-state index is 12.0. The molecule has 3 N–H and O–H groups in total. The van der Waals surface area contributed by atoms with E-state index in [9.17, 15) is 15.0 Å². The zero-order valence-electron chi connectivity index (χ0n) is 10.4. The van der Waals surface area contributed by atoms with Gasteiger partial charge in [0.1, 0.15) is 11.5 Å². The van der Waals surface area contributed by atoms with Crippen LogP contribution in [0.5, 0.6) is 11.5 Å². The van der Waals surface area contributed by atoms with Crippen LogP contribution in [0.3, 0.4) is 0 Å². The smallest absolute Gasteiger partial charge is 0.326 e. The number of benzene rings is 2. The molecular weight excluding hydrogens is 244 g/mol. The molecule has 98 valence electrons. The zero-order valence-corrected chi connectivity index (χ0v) is 10.4. The lowest BCUT2D eigenvalue weighted by atomic mass is 10.3. The largest absolute Gasteiger partial charge is 0.508 e. The number of hydrogen-bond acceptors (Lipinski definition) is 3. The zero-order chi connectivity index (χ0) is 13.8. The van der Waals surface area contributed by atoms with Crippen molar-refractivity contribution in [3.8, 4) is 11.5 Å². The Bertz CT molecular complexity index is 581. The summed E-state index contributed by atoms with van der Waals surface area (Å²) in [4.78, 5) is 13.4. The molecule has 0 radical (unpaired) electrons. The number of carbonyl (C=O) groups excluding carboxylic acids is 1. The van der Waals surface area contributed by atoms with Crippen LogP contribution in [-0.2, 0) is 0 Å². The van der Waals surface area contributed by atoms with Crippen LogP contribution in [0.2, 0.25) is 0 Å². The Hall–Kier alpha value is -2.69. The topological polar surface area (TPSA) is 72.8 Å². The second-order valence-electron chi connectivity index (χ2n) is 4.02. The lowest BCUT2D eigenvalue weighted by Crippen LogP contribution is -2.31. The molecule has 0 spiro atoms. The van der Waals surface area contributed by atoms with E-state index in [0.29, 0.717) is 11.4 Å². The first-order chi connectivity index (χ1) is 9.08. The van der Waals surface area contributed by atoms with Gasteiger partial charge in [0, 0.05) is 12.7 Å². The first-order valence-electron chi connectivity index (χ1n) is 5.69. The number of urea groups is 1. The molecule has 0 unspecified atom stereocenters. The summed E-state index contributed by atoms with van der Waals surface area (Å²) < 4.78 is 0. The third-order valence-corrected chi connectivity index (χ3v) is 2.69. The van der Waals surface area contributed by atoms with Gasteiger partial charge in [-0.2, -0.15) is 0 Å². The Balaban J connectivity index is 2.12. The monoisotopic (exact) mass is 258 g/mol. The van der Waals surface area contributed by atoms with E-state index in [4.69, 9.17) is 0 Å². The molecule has 2 rings (SSSR count). The molecule has 0 heterocycles. The molecule has 5 nitrogen and oxygen atoms in total. The average Bonchev–Trinajstić information content (AvgIpc) is 2.41. The molecule has 0 aliphatic heterocycles. The van der Waals surface area contributed by atoms with E-state index >= 15 is 0 Å². The van der Waals surface area contributed by atoms with Crippen molar-refractivity contribution >= 4 is 17.4 Å². The summed E-state index contributed by atoms with van der Waals surface area (Å²) in [6, 6.07) is 12.4. The second kappa shape index (κ2) is 5.30. The number of nitrogens with one attached hydrogen (secondary N) is 1. The molecule has 0 saturated carbocycles. The predicted octanol–water partition coefficient (Wildman–Crippen LogP) is 2.77. The Labute approximate surface area is 110 Å². The fourth-order valence-corrected chi connectivity index (χ4v) is 1.57. The molecule has 2 amide bonds. The van der Waals surface area contributed by atoms with Crippen molar-refractivity contribution in [2.75, 3.05) is 17.3 Å². The van der Waals surface area contributed by atoms with Gasteiger partial charge < -0.3 is 15.5 Å². The summed E-state index contributed by atoms with van der Waals surface area (Å²) in [5, 5.41) is 21.4. The van der Waals surface area contributed by atoms with E-state index in [1.807, 2.05) is 0 Å². The van der Waals surface area contributed by atoms with Gasteiger partial charge in [-0.25, -0.2) is 4.79 Å². The van der Waals surface area contributed by atoms with E-state index in [-0.39, 0.29) is 17.5 Å². The predicted molar refractivity (Wildman–Crippen MR) is 73.6 cm³/mol. The van der Waals surface area contributed by atoms with Crippen molar-refractivity contribution in [1.29, 1.82) is 0 Å². The third-order valence-electron chi connectivity index (χ3n) is 2.69. The SMILES string of the molecule is CN(C(=O)Nc1ccccc1O)c1ccc(O)cc1. The van der Waals surface area contributed by atoms with Crippen molar-refractivity contribution in [1.82, 2.24) is 0 Å². The molecule has 19 heavy (non-hydrogen) atoms. The van der Waals surface area contributed by atoms with E-state index in [2.05, 4.69) is 5.32 Å². The van der Waals surface area contributed by atoms with Gasteiger partial charge in [0.25, 0.3) is 0 Å². The number of phenols is 2. The highest BCUT2D eigenvalue weighted by Gasteiger charge is 2.12. The molecule has 0 fully saturated rings. The molecule has 0 aromatic heterocycles. The van der Waals surface area contributed by atoms with E-state index in [1.54, 1.807) is 37.4 Å². The summed E-state index contributed by atoms with van der Waals surface area (Å²) in [6.45, 7) is 0. The number of rotatable bonds is 2. The van der Waals surface area contributed by atoms with E-state index in [1.165, 1.54) is 23.1 Å². The number of phenolic OH excluding ortho intramolecular Hbond substituents is 2. The van der Waals surface area contributed by atoms with Crippen molar-refractivity contribution in [3.63, 3.8) is 0 Å². The van der Waals surface area contributed by atoms with Crippen LogP contribution in [0.4, 0.5) is 16.2 Å². The first-order valence-corrected chi connectivity index (χ1v) is 5.69. The van der Waals surface area contributed by atoms with E-state index in [0.717, 1.165) is 0 Å². The summed E-state index contributed by atoms with van der Waals surface area (Å²) in [5.41, 5.74) is 0.976. The minimum Gasteiger partial charge on any atom is -0.508 e. The van der Waals surface area contributed by atoms with Gasteiger partial charge in [-0.3, -0.25) is 4.90 Å². The number of para-hydroxylation sites is 2. The van der Waals surface area contributed by atoms with Crippen molar-refractivity contribution < 1.29 is 15.0 Å². The number of aromatic hydroxyl groups is 2. The molecule has 5 heteroatoms. The Morgan fingerprint density at radius 3 is 2.32 bits per heavy atom. The Morgan fingerprint density at radius 2 is 1.68 bits per heavy atom. The summed E-state index contributed by atoms with van der Waals surface area (Å²) >= 11 is 0. The molecule has 0 bridgehead atoms. The molecule has 0 saturated heterocycles.